The number of benzene rings is 2. The summed E-state index contributed by atoms with van der Waals surface area (Å²) in [5, 5.41) is 0. The lowest BCUT2D eigenvalue weighted by Crippen LogP contribution is -2.44. The topological polar surface area (TPSA) is 0 Å². The van der Waals surface area contributed by atoms with Gasteiger partial charge in [0, 0.05) is 5.41 Å². The van der Waals surface area contributed by atoms with Crippen LogP contribution in [0.3, 0.4) is 0 Å². The predicted molar refractivity (Wildman–Crippen MR) is 118 cm³/mol. The normalized spacial score (nSPS) is 29.9. The number of hydrogen-bond donors (Lipinski definition) is 0. The SMILES string of the molecule is CC1CC(C(c2ccccc2)(c2ccccc2)C2CCCC2)C2C=CC=CC12. The highest BCUT2D eigenvalue weighted by Crippen LogP contribution is 2.60. The molecule has 0 heteroatoms. The molecule has 0 radical (unpaired) electrons. The first-order chi connectivity index (χ1) is 13.8. The lowest BCUT2D eigenvalue weighted by molar-refractivity contribution is 0.184. The van der Waals surface area contributed by atoms with Crippen LogP contribution in [-0.2, 0) is 5.41 Å². The van der Waals surface area contributed by atoms with Crippen molar-refractivity contribution in [2.24, 2.45) is 29.6 Å². The lowest BCUT2D eigenvalue weighted by atomic mass is 9.55. The Labute approximate surface area is 170 Å². The van der Waals surface area contributed by atoms with E-state index in [0.29, 0.717) is 17.8 Å². The number of hydrogen-bond acceptors (Lipinski definition) is 0. The third-order valence-corrected chi connectivity index (χ3v) is 8.06. The number of allylic oxidation sites excluding steroid dienone is 4. The molecule has 4 atom stereocenters. The van der Waals surface area contributed by atoms with Crippen LogP contribution in [0.5, 0.6) is 0 Å². The summed E-state index contributed by atoms with van der Waals surface area (Å²) in [5.41, 5.74) is 3.23. The molecule has 0 heterocycles. The van der Waals surface area contributed by atoms with Crippen molar-refractivity contribution in [3.8, 4) is 0 Å². The van der Waals surface area contributed by atoms with E-state index in [-0.39, 0.29) is 5.41 Å². The van der Waals surface area contributed by atoms with Crippen molar-refractivity contribution in [3.63, 3.8) is 0 Å². The predicted octanol–water partition coefficient (Wildman–Crippen LogP) is 7.18. The van der Waals surface area contributed by atoms with E-state index >= 15 is 0 Å². The van der Waals surface area contributed by atoms with Crippen LogP contribution < -0.4 is 0 Å². The maximum absolute atomic E-state index is 2.54. The molecule has 2 fully saturated rings. The molecule has 0 saturated heterocycles. The molecular weight excluding hydrogens is 336 g/mol. The van der Waals surface area contributed by atoms with Gasteiger partial charge in [-0.2, -0.15) is 0 Å². The molecule has 2 saturated carbocycles. The molecule has 0 aromatic heterocycles. The van der Waals surface area contributed by atoms with Gasteiger partial charge in [-0.3, -0.25) is 0 Å². The summed E-state index contributed by atoms with van der Waals surface area (Å²) in [6, 6.07) is 23.1. The standard InChI is InChI=1S/C28H32/c1-21-20-27(26-19-11-10-18-25(21)26)28(24-16-8-9-17-24,22-12-4-2-5-13-22)23-14-6-3-7-15-23/h2-7,10-15,18-19,21,24-27H,8-9,16-17,20H2,1H3. The largest absolute Gasteiger partial charge is 0.0806 e. The second kappa shape index (κ2) is 7.39. The van der Waals surface area contributed by atoms with Crippen LogP contribution in [0.4, 0.5) is 0 Å². The average molecular weight is 369 g/mol. The highest BCUT2D eigenvalue weighted by atomic mass is 14.6. The van der Waals surface area contributed by atoms with Gasteiger partial charge in [0.2, 0.25) is 0 Å². The van der Waals surface area contributed by atoms with Gasteiger partial charge in [-0.05, 0) is 60.0 Å². The van der Waals surface area contributed by atoms with Crippen LogP contribution in [0.1, 0.15) is 50.2 Å². The fraction of sp³-hybridized carbons (Fsp3) is 0.429. The van der Waals surface area contributed by atoms with Gasteiger partial charge < -0.3 is 0 Å². The number of fused-ring (bicyclic) bond motifs is 1. The molecule has 3 aliphatic rings. The summed E-state index contributed by atoms with van der Waals surface area (Å²) >= 11 is 0. The van der Waals surface area contributed by atoms with Gasteiger partial charge in [0.1, 0.15) is 0 Å². The third-order valence-electron chi connectivity index (χ3n) is 8.06. The third kappa shape index (κ3) is 2.72. The second-order valence-electron chi connectivity index (χ2n) is 9.33. The van der Waals surface area contributed by atoms with Crippen molar-refractivity contribution < 1.29 is 0 Å². The molecule has 4 unspecified atom stereocenters. The first-order valence-electron chi connectivity index (χ1n) is 11.3. The minimum Gasteiger partial charge on any atom is -0.0806 e. The van der Waals surface area contributed by atoms with Crippen molar-refractivity contribution in [1.29, 1.82) is 0 Å². The summed E-state index contributed by atoms with van der Waals surface area (Å²) < 4.78 is 0. The summed E-state index contributed by atoms with van der Waals surface area (Å²) in [5.74, 6) is 3.52. The van der Waals surface area contributed by atoms with Crippen LogP contribution in [0.25, 0.3) is 0 Å². The van der Waals surface area contributed by atoms with Gasteiger partial charge in [0.25, 0.3) is 0 Å². The van der Waals surface area contributed by atoms with Crippen molar-refractivity contribution in [1.82, 2.24) is 0 Å². The van der Waals surface area contributed by atoms with Crippen LogP contribution >= 0.6 is 0 Å². The molecule has 5 rings (SSSR count). The minimum atomic E-state index is 0.127. The fourth-order valence-electron chi connectivity index (χ4n) is 7.00. The molecule has 3 aliphatic carbocycles. The minimum absolute atomic E-state index is 0.127. The first-order valence-corrected chi connectivity index (χ1v) is 11.3. The average Bonchev–Trinajstić information content (AvgIpc) is 3.41. The summed E-state index contributed by atoms with van der Waals surface area (Å²) in [6.07, 6.45) is 16.4. The van der Waals surface area contributed by atoms with E-state index in [2.05, 4.69) is 91.9 Å². The highest BCUT2D eigenvalue weighted by molar-refractivity contribution is 5.44. The van der Waals surface area contributed by atoms with Crippen molar-refractivity contribution >= 4 is 0 Å². The Morgan fingerprint density at radius 3 is 1.82 bits per heavy atom. The molecule has 28 heavy (non-hydrogen) atoms. The van der Waals surface area contributed by atoms with E-state index in [1.54, 1.807) is 11.1 Å². The quantitative estimate of drug-likeness (QED) is 0.536. The van der Waals surface area contributed by atoms with Gasteiger partial charge >= 0.3 is 0 Å². The summed E-state index contributed by atoms with van der Waals surface area (Å²) in [4.78, 5) is 0. The van der Waals surface area contributed by atoms with Crippen molar-refractivity contribution in [2.45, 2.75) is 44.4 Å². The van der Waals surface area contributed by atoms with E-state index in [1.165, 1.54) is 32.1 Å². The lowest BCUT2D eigenvalue weighted by Gasteiger charge is -2.48. The van der Waals surface area contributed by atoms with Gasteiger partial charge in [-0.15, -0.1) is 0 Å². The second-order valence-corrected chi connectivity index (χ2v) is 9.33. The van der Waals surface area contributed by atoms with Crippen LogP contribution in [0.2, 0.25) is 0 Å². The Morgan fingerprint density at radius 2 is 1.25 bits per heavy atom. The Kier molecular flexibility index (Phi) is 4.75. The van der Waals surface area contributed by atoms with E-state index in [9.17, 15) is 0 Å². The fourth-order valence-corrected chi connectivity index (χ4v) is 7.00. The Balaban J connectivity index is 1.74. The maximum Gasteiger partial charge on any atom is 0.0265 e. The zero-order valence-corrected chi connectivity index (χ0v) is 17.0. The van der Waals surface area contributed by atoms with Gasteiger partial charge in [-0.1, -0.05) is 105 Å². The Hall–Kier alpha value is -2.08. The molecule has 2 aromatic carbocycles. The van der Waals surface area contributed by atoms with Crippen LogP contribution in [0.15, 0.2) is 85.0 Å². The van der Waals surface area contributed by atoms with E-state index < -0.39 is 0 Å². The molecule has 2 aromatic rings. The van der Waals surface area contributed by atoms with Crippen molar-refractivity contribution in [2.75, 3.05) is 0 Å². The number of rotatable bonds is 4. The van der Waals surface area contributed by atoms with Crippen LogP contribution in [-0.4, -0.2) is 0 Å². The monoisotopic (exact) mass is 368 g/mol. The van der Waals surface area contributed by atoms with E-state index in [0.717, 1.165) is 11.8 Å². The maximum atomic E-state index is 2.54. The van der Waals surface area contributed by atoms with E-state index in [1.807, 2.05) is 0 Å². The van der Waals surface area contributed by atoms with E-state index in [4.69, 9.17) is 0 Å². The van der Waals surface area contributed by atoms with Gasteiger partial charge in [-0.25, -0.2) is 0 Å². The molecule has 0 aliphatic heterocycles. The molecule has 144 valence electrons. The molecular formula is C28H32. The molecule has 0 nitrogen and oxygen atoms in total. The smallest absolute Gasteiger partial charge is 0.0265 e. The summed E-state index contributed by atoms with van der Waals surface area (Å²) in [6.45, 7) is 2.48. The first kappa shape index (κ1) is 18.0. The molecule has 0 amide bonds. The zero-order chi connectivity index (χ0) is 19.0. The zero-order valence-electron chi connectivity index (χ0n) is 17.0. The molecule has 0 spiro atoms. The Bertz CT molecular complexity index is 799. The van der Waals surface area contributed by atoms with Crippen LogP contribution in [0, 0.1) is 29.6 Å². The highest BCUT2D eigenvalue weighted by Gasteiger charge is 2.55. The molecule has 0 N–H and O–H groups in total. The molecule has 0 bridgehead atoms. The Morgan fingerprint density at radius 1 is 0.714 bits per heavy atom. The van der Waals surface area contributed by atoms with Gasteiger partial charge in [0.15, 0.2) is 0 Å². The van der Waals surface area contributed by atoms with Gasteiger partial charge in [0.05, 0.1) is 0 Å². The van der Waals surface area contributed by atoms with Crippen molar-refractivity contribution in [3.05, 3.63) is 96.1 Å². The summed E-state index contributed by atoms with van der Waals surface area (Å²) in [7, 11) is 0.